The fourth-order valence-electron chi connectivity index (χ4n) is 0.768. The van der Waals surface area contributed by atoms with E-state index in [0.29, 0.717) is 6.54 Å². The van der Waals surface area contributed by atoms with Crippen LogP contribution in [0, 0.1) is 0 Å². The second kappa shape index (κ2) is 8.10. The molecule has 0 saturated carbocycles. The zero-order valence-electron chi connectivity index (χ0n) is 6.48. The SMILES string of the molecule is O=C(O)NCCCCCCI. The number of alkyl halides is 1. The van der Waals surface area contributed by atoms with Crippen LogP contribution < -0.4 is 5.32 Å². The van der Waals surface area contributed by atoms with Gasteiger partial charge in [-0.3, -0.25) is 0 Å². The van der Waals surface area contributed by atoms with Crippen molar-refractivity contribution in [1.29, 1.82) is 0 Å². The maximum Gasteiger partial charge on any atom is 0.404 e. The summed E-state index contributed by atoms with van der Waals surface area (Å²) in [4.78, 5) is 9.98. The summed E-state index contributed by atoms with van der Waals surface area (Å²) in [5.74, 6) is 0. The topological polar surface area (TPSA) is 49.3 Å². The van der Waals surface area contributed by atoms with Gasteiger partial charge < -0.3 is 10.4 Å². The first-order chi connectivity index (χ1) is 5.27. The third kappa shape index (κ3) is 10.0. The van der Waals surface area contributed by atoms with Gasteiger partial charge >= 0.3 is 6.09 Å². The molecule has 0 unspecified atom stereocenters. The highest BCUT2D eigenvalue weighted by molar-refractivity contribution is 14.1. The van der Waals surface area contributed by atoms with Gasteiger partial charge in [0.2, 0.25) is 0 Å². The van der Waals surface area contributed by atoms with E-state index in [1.165, 1.54) is 17.3 Å². The number of nitrogens with one attached hydrogen (secondary N) is 1. The number of hydrogen-bond acceptors (Lipinski definition) is 1. The Morgan fingerprint density at radius 2 is 1.91 bits per heavy atom. The van der Waals surface area contributed by atoms with Gasteiger partial charge in [0.05, 0.1) is 0 Å². The Bertz CT molecular complexity index is 109. The Labute approximate surface area is 80.7 Å². The summed E-state index contributed by atoms with van der Waals surface area (Å²) in [7, 11) is 0. The first kappa shape index (κ1) is 11.0. The van der Waals surface area contributed by atoms with Gasteiger partial charge in [-0.25, -0.2) is 4.79 Å². The third-order valence-corrected chi connectivity index (χ3v) is 2.10. The number of rotatable bonds is 6. The van der Waals surface area contributed by atoms with Crippen molar-refractivity contribution in [3.8, 4) is 0 Å². The molecule has 0 aromatic carbocycles. The van der Waals surface area contributed by atoms with Gasteiger partial charge in [0, 0.05) is 6.54 Å². The Hall–Kier alpha value is 0. The van der Waals surface area contributed by atoms with Crippen LogP contribution in [0.15, 0.2) is 0 Å². The van der Waals surface area contributed by atoms with Crippen molar-refractivity contribution >= 4 is 28.7 Å². The van der Waals surface area contributed by atoms with Crippen molar-refractivity contribution in [2.24, 2.45) is 0 Å². The predicted molar refractivity (Wildman–Crippen MR) is 53.4 cm³/mol. The molecule has 0 spiro atoms. The Morgan fingerprint density at radius 3 is 2.45 bits per heavy atom. The molecule has 0 aliphatic heterocycles. The van der Waals surface area contributed by atoms with E-state index in [1.807, 2.05) is 0 Å². The maximum atomic E-state index is 9.98. The summed E-state index contributed by atoms with van der Waals surface area (Å²) in [5.41, 5.74) is 0. The van der Waals surface area contributed by atoms with Gasteiger partial charge in [0.15, 0.2) is 0 Å². The standard InChI is InChI=1S/C7H14INO2/c8-5-3-1-2-4-6-9-7(10)11/h9H,1-6H2,(H,10,11). The van der Waals surface area contributed by atoms with Crippen LogP contribution in [-0.4, -0.2) is 22.2 Å². The predicted octanol–water partition coefficient (Wildman–Crippen LogP) is 2.25. The van der Waals surface area contributed by atoms with Gasteiger partial charge in [-0.2, -0.15) is 0 Å². The number of carboxylic acid groups (broad SMARTS) is 1. The van der Waals surface area contributed by atoms with E-state index >= 15 is 0 Å². The molecule has 11 heavy (non-hydrogen) atoms. The van der Waals surface area contributed by atoms with Gasteiger partial charge in [-0.05, 0) is 17.3 Å². The first-order valence-electron chi connectivity index (χ1n) is 3.80. The van der Waals surface area contributed by atoms with Gasteiger partial charge in [-0.15, -0.1) is 0 Å². The van der Waals surface area contributed by atoms with Crippen molar-refractivity contribution < 1.29 is 9.90 Å². The molecule has 3 nitrogen and oxygen atoms in total. The molecule has 0 rings (SSSR count). The van der Waals surface area contributed by atoms with E-state index < -0.39 is 6.09 Å². The van der Waals surface area contributed by atoms with E-state index in [0.717, 1.165) is 12.8 Å². The summed E-state index contributed by atoms with van der Waals surface area (Å²) >= 11 is 2.35. The minimum atomic E-state index is -0.918. The highest BCUT2D eigenvalue weighted by atomic mass is 127. The Balaban J connectivity index is 2.85. The van der Waals surface area contributed by atoms with Crippen LogP contribution >= 0.6 is 22.6 Å². The van der Waals surface area contributed by atoms with Gasteiger partial charge in [0.25, 0.3) is 0 Å². The fourth-order valence-corrected chi connectivity index (χ4v) is 1.31. The monoisotopic (exact) mass is 271 g/mol. The largest absolute Gasteiger partial charge is 0.465 e. The van der Waals surface area contributed by atoms with Crippen molar-refractivity contribution in [3.63, 3.8) is 0 Å². The molecular formula is C7H14INO2. The molecule has 0 heterocycles. The maximum absolute atomic E-state index is 9.98. The molecule has 0 aliphatic carbocycles. The van der Waals surface area contributed by atoms with Crippen LogP contribution in [0.5, 0.6) is 0 Å². The van der Waals surface area contributed by atoms with Crippen molar-refractivity contribution in [2.45, 2.75) is 25.7 Å². The van der Waals surface area contributed by atoms with E-state index in [1.54, 1.807) is 0 Å². The first-order valence-corrected chi connectivity index (χ1v) is 5.32. The van der Waals surface area contributed by atoms with Crippen LogP contribution in [0.2, 0.25) is 0 Å². The quantitative estimate of drug-likeness (QED) is 0.442. The number of unbranched alkanes of at least 4 members (excludes halogenated alkanes) is 3. The molecule has 4 heteroatoms. The molecule has 0 aliphatic rings. The zero-order chi connectivity index (χ0) is 8.53. The van der Waals surface area contributed by atoms with E-state index in [9.17, 15) is 4.79 Å². The number of carbonyl (C=O) groups is 1. The van der Waals surface area contributed by atoms with E-state index in [-0.39, 0.29) is 0 Å². The molecular weight excluding hydrogens is 257 g/mol. The number of hydrogen-bond donors (Lipinski definition) is 2. The zero-order valence-corrected chi connectivity index (χ0v) is 8.63. The minimum absolute atomic E-state index is 0.594. The Morgan fingerprint density at radius 1 is 1.27 bits per heavy atom. The van der Waals surface area contributed by atoms with Crippen molar-refractivity contribution in [2.75, 3.05) is 11.0 Å². The number of halogens is 1. The molecule has 0 fully saturated rings. The molecule has 66 valence electrons. The average Bonchev–Trinajstić information content (AvgIpc) is 1.96. The molecule has 2 N–H and O–H groups in total. The lowest BCUT2D eigenvalue weighted by atomic mass is 10.2. The smallest absolute Gasteiger partial charge is 0.404 e. The summed E-state index contributed by atoms with van der Waals surface area (Å²) in [6.07, 6.45) is 3.63. The highest BCUT2D eigenvalue weighted by Crippen LogP contribution is 2.00. The number of amides is 1. The molecule has 1 amide bonds. The molecule has 0 bridgehead atoms. The molecule has 0 radical (unpaired) electrons. The summed E-state index contributed by atoms with van der Waals surface area (Å²) in [5, 5.41) is 10.5. The van der Waals surface area contributed by atoms with E-state index in [4.69, 9.17) is 5.11 Å². The lowest BCUT2D eigenvalue weighted by Crippen LogP contribution is -2.21. The van der Waals surface area contributed by atoms with Crippen LogP contribution in [0.4, 0.5) is 4.79 Å². The van der Waals surface area contributed by atoms with Crippen LogP contribution in [0.3, 0.4) is 0 Å². The lowest BCUT2D eigenvalue weighted by molar-refractivity contribution is 0.194. The normalized spacial score (nSPS) is 9.55. The summed E-state index contributed by atoms with van der Waals surface area (Å²) < 4.78 is 1.20. The highest BCUT2D eigenvalue weighted by Gasteiger charge is 1.92. The summed E-state index contributed by atoms with van der Waals surface area (Å²) in [6.45, 7) is 0.594. The van der Waals surface area contributed by atoms with Gasteiger partial charge in [0.1, 0.15) is 0 Å². The van der Waals surface area contributed by atoms with Crippen LogP contribution in [0.1, 0.15) is 25.7 Å². The second-order valence-corrected chi connectivity index (χ2v) is 3.41. The van der Waals surface area contributed by atoms with Crippen molar-refractivity contribution in [3.05, 3.63) is 0 Å². The third-order valence-electron chi connectivity index (χ3n) is 1.34. The molecule has 0 atom stereocenters. The fraction of sp³-hybridized carbons (Fsp3) is 0.857. The minimum Gasteiger partial charge on any atom is -0.465 e. The van der Waals surface area contributed by atoms with E-state index in [2.05, 4.69) is 27.9 Å². The Kier molecular flexibility index (Phi) is 8.10. The summed E-state index contributed by atoms with van der Waals surface area (Å²) in [6, 6.07) is 0. The molecule has 0 aromatic heterocycles. The van der Waals surface area contributed by atoms with Gasteiger partial charge in [-0.1, -0.05) is 35.4 Å². The van der Waals surface area contributed by atoms with Crippen molar-refractivity contribution in [1.82, 2.24) is 5.32 Å². The molecule has 0 aromatic rings. The van der Waals surface area contributed by atoms with Crippen LogP contribution in [0.25, 0.3) is 0 Å². The lowest BCUT2D eigenvalue weighted by Gasteiger charge is -1.99. The molecule has 0 saturated heterocycles. The average molecular weight is 271 g/mol. The second-order valence-electron chi connectivity index (χ2n) is 2.34. The van der Waals surface area contributed by atoms with Crippen LogP contribution in [-0.2, 0) is 0 Å².